The lowest BCUT2D eigenvalue weighted by Gasteiger charge is -2.03. The molecule has 0 saturated heterocycles. The van der Waals surface area contributed by atoms with Gasteiger partial charge in [0.15, 0.2) is 0 Å². The number of imidazole rings is 1. The number of carbonyl (C=O) groups is 1. The van der Waals surface area contributed by atoms with E-state index in [1.807, 2.05) is 6.92 Å². The molecule has 2 heterocycles. The molecule has 0 fully saturated rings. The minimum Gasteiger partial charge on any atom is -0.350 e. The highest BCUT2D eigenvalue weighted by atomic mass is 32.1. The Hall–Kier alpha value is -2.28. The third-order valence-electron chi connectivity index (χ3n) is 2.99. The topological polar surface area (TPSA) is 59.3 Å². The molecule has 21 heavy (non-hydrogen) atoms. The normalized spacial score (nSPS) is 11.0. The van der Waals surface area contributed by atoms with E-state index < -0.39 is 0 Å². The van der Waals surface area contributed by atoms with Crippen molar-refractivity contribution in [3.63, 3.8) is 0 Å². The van der Waals surface area contributed by atoms with Crippen LogP contribution in [0.3, 0.4) is 0 Å². The quantitative estimate of drug-likeness (QED) is 0.804. The van der Waals surface area contributed by atoms with E-state index in [0.29, 0.717) is 23.6 Å². The highest BCUT2D eigenvalue weighted by molar-refractivity contribution is 7.16. The Morgan fingerprint density at radius 3 is 2.86 bits per heavy atom. The molecule has 0 atom stereocenters. The van der Waals surface area contributed by atoms with Gasteiger partial charge in [-0.2, -0.15) is 5.10 Å². The van der Waals surface area contributed by atoms with E-state index in [2.05, 4.69) is 15.4 Å². The van der Waals surface area contributed by atoms with Crippen molar-refractivity contribution >= 4 is 22.2 Å². The number of benzene rings is 1. The molecule has 1 amide bonds. The van der Waals surface area contributed by atoms with E-state index in [0.717, 1.165) is 10.6 Å². The second-order valence-electron chi connectivity index (χ2n) is 4.61. The van der Waals surface area contributed by atoms with E-state index in [1.165, 1.54) is 23.5 Å². The number of rotatable bonds is 4. The van der Waals surface area contributed by atoms with Gasteiger partial charge < -0.3 is 5.32 Å². The fourth-order valence-electron chi connectivity index (χ4n) is 1.97. The maximum absolute atomic E-state index is 12.8. The highest BCUT2D eigenvalue weighted by Gasteiger charge is 2.12. The van der Waals surface area contributed by atoms with Crippen LogP contribution < -0.4 is 5.32 Å². The van der Waals surface area contributed by atoms with Gasteiger partial charge in [-0.05, 0) is 31.0 Å². The first-order valence-corrected chi connectivity index (χ1v) is 7.29. The van der Waals surface area contributed by atoms with Crippen molar-refractivity contribution < 1.29 is 9.18 Å². The lowest BCUT2D eigenvalue weighted by atomic mass is 10.1. The first-order valence-electron chi connectivity index (χ1n) is 6.47. The van der Waals surface area contributed by atoms with Crippen LogP contribution >= 0.6 is 11.3 Å². The van der Waals surface area contributed by atoms with Gasteiger partial charge in [-0.25, -0.2) is 13.9 Å². The van der Waals surface area contributed by atoms with Crippen LogP contribution in [0.4, 0.5) is 4.39 Å². The molecule has 1 aromatic carbocycles. The van der Waals surface area contributed by atoms with Crippen LogP contribution in [0, 0.1) is 12.7 Å². The first-order chi connectivity index (χ1) is 10.1. The van der Waals surface area contributed by atoms with Crippen molar-refractivity contribution in [2.45, 2.75) is 13.3 Å². The molecule has 1 N–H and O–H groups in total. The summed E-state index contributed by atoms with van der Waals surface area (Å²) >= 11 is 1.44. The molecule has 0 saturated carbocycles. The molecule has 0 bridgehead atoms. The molecule has 108 valence electrons. The lowest BCUT2D eigenvalue weighted by Crippen LogP contribution is -2.26. The van der Waals surface area contributed by atoms with Crippen LogP contribution in [-0.4, -0.2) is 27.0 Å². The molecule has 5 nitrogen and oxygen atoms in total. The predicted molar refractivity (Wildman–Crippen MR) is 78.0 cm³/mol. The third-order valence-corrected chi connectivity index (χ3v) is 3.83. The lowest BCUT2D eigenvalue weighted by molar-refractivity contribution is 0.0949. The van der Waals surface area contributed by atoms with E-state index in [-0.39, 0.29) is 11.7 Å². The van der Waals surface area contributed by atoms with Crippen LogP contribution in [0.2, 0.25) is 0 Å². The minimum atomic E-state index is -0.261. The number of carbonyl (C=O) groups excluding carboxylic acids is 1. The average Bonchev–Trinajstić information content (AvgIpc) is 2.98. The van der Waals surface area contributed by atoms with Gasteiger partial charge in [0.2, 0.25) is 4.96 Å². The SMILES string of the molecule is Cc1nn2cc(C(=O)NCCc3ccc(F)cc3)nc2s1. The van der Waals surface area contributed by atoms with Gasteiger partial charge in [0, 0.05) is 6.54 Å². The van der Waals surface area contributed by atoms with Gasteiger partial charge in [-0.1, -0.05) is 23.5 Å². The van der Waals surface area contributed by atoms with Crippen molar-refractivity contribution in [1.82, 2.24) is 19.9 Å². The van der Waals surface area contributed by atoms with Gasteiger partial charge in [0.25, 0.3) is 5.91 Å². The number of amides is 1. The molecule has 0 spiro atoms. The second kappa shape index (κ2) is 5.61. The molecule has 3 rings (SSSR count). The Bertz CT molecular complexity index is 746. The number of hydrogen-bond acceptors (Lipinski definition) is 4. The number of aromatic nitrogens is 3. The number of aryl methyl sites for hydroxylation is 1. The van der Waals surface area contributed by atoms with E-state index in [1.54, 1.807) is 22.8 Å². The summed E-state index contributed by atoms with van der Waals surface area (Å²) in [7, 11) is 0. The molecule has 0 aliphatic carbocycles. The van der Waals surface area contributed by atoms with Gasteiger partial charge in [-0.15, -0.1) is 0 Å². The summed E-state index contributed by atoms with van der Waals surface area (Å²) in [4.78, 5) is 16.9. The monoisotopic (exact) mass is 304 g/mol. The molecular weight excluding hydrogens is 291 g/mol. The van der Waals surface area contributed by atoms with Crippen LogP contribution in [0.25, 0.3) is 4.96 Å². The van der Waals surface area contributed by atoms with Crippen LogP contribution in [-0.2, 0) is 6.42 Å². The molecular formula is C14H13FN4OS. The van der Waals surface area contributed by atoms with Crippen molar-refractivity contribution in [2.75, 3.05) is 6.54 Å². The van der Waals surface area contributed by atoms with E-state index in [4.69, 9.17) is 0 Å². The summed E-state index contributed by atoms with van der Waals surface area (Å²) in [5, 5.41) is 7.91. The number of fused-ring (bicyclic) bond motifs is 1. The smallest absolute Gasteiger partial charge is 0.271 e. The zero-order valence-electron chi connectivity index (χ0n) is 11.3. The number of nitrogens with one attached hydrogen (secondary N) is 1. The van der Waals surface area contributed by atoms with E-state index >= 15 is 0 Å². The maximum Gasteiger partial charge on any atom is 0.271 e. The average molecular weight is 304 g/mol. The van der Waals surface area contributed by atoms with Gasteiger partial charge in [-0.3, -0.25) is 4.79 Å². The van der Waals surface area contributed by atoms with Gasteiger partial charge >= 0.3 is 0 Å². The second-order valence-corrected chi connectivity index (χ2v) is 5.77. The summed E-state index contributed by atoms with van der Waals surface area (Å²) in [5.74, 6) is -0.490. The van der Waals surface area contributed by atoms with Gasteiger partial charge in [0.1, 0.15) is 16.5 Å². The maximum atomic E-state index is 12.8. The number of halogens is 1. The van der Waals surface area contributed by atoms with Crippen molar-refractivity contribution in [3.8, 4) is 0 Å². The van der Waals surface area contributed by atoms with Crippen LogP contribution in [0.15, 0.2) is 30.5 Å². The van der Waals surface area contributed by atoms with Gasteiger partial charge in [0.05, 0.1) is 6.20 Å². The molecule has 2 aromatic heterocycles. The Labute approximate surface area is 124 Å². The molecule has 0 unspecified atom stereocenters. The Morgan fingerprint density at radius 1 is 1.38 bits per heavy atom. The molecule has 0 radical (unpaired) electrons. The van der Waals surface area contributed by atoms with Crippen LogP contribution in [0.5, 0.6) is 0 Å². The number of hydrogen-bond donors (Lipinski definition) is 1. The van der Waals surface area contributed by atoms with Crippen molar-refractivity contribution in [1.29, 1.82) is 0 Å². The fraction of sp³-hybridized carbons (Fsp3) is 0.214. The Kier molecular flexibility index (Phi) is 3.66. The van der Waals surface area contributed by atoms with Crippen molar-refractivity contribution in [3.05, 3.63) is 52.5 Å². The molecule has 7 heteroatoms. The molecule has 3 aromatic rings. The summed E-state index contributed by atoms with van der Waals surface area (Å²) in [6.07, 6.45) is 2.26. The van der Waals surface area contributed by atoms with Crippen LogP contribution in [0.1, 0.15) is 21.1 Å². The number of nitrogens with zero attached hydrogens (tertiary/aromatic N) is 3. The largest absolute Gasteiger partial charge is 0.350 e. The van der Waals surface area contributed by atoms with Crippen molar-refractivity contribution in [2.24, 2.45) is 0 Å². The summed E-state index contributed by atoms with van der Waals surface area (Å²) in [5.41, 5.74) is 1.33. The summed E-state index contributed by atoms with van der Waals surface area (Å²) in [6.45, 7) is 2.36. The molecule has 0 aliphatic heterocycles. The fourth-order valence-corrected chi connectivity index (χ4v) is 2.70. The Morgan fingerprint density at radius 2 is 2.14 bits per heavy atom. The Balaban J connectivity index is 1.58. The van der Waals surface area contributed by atoms with E-state index in [9.17, 15) is 9.18 Å². The minimum absolute atomic E-state index is 0.229. The third kappa shape index (κ3) is 3.08. The molecule has 0 aliphatic rings. The standard InChI is InChI=1S/C14H13FN4OS/c1-9-18-19-8-12(17-14(19)21-9)13(20)16-7-6-10-2-4-11(15)5-3-10/h2-5,8H,6-7H2,1H3,(H,16,20). The zero-order valence-corrected chi connectivity index (χ0v) is 12.2. The summed E-state index contributed by atoms with van der Waals surface area (Å²) < 4.78 is 14.4. The zero-order chi connectivity index (χ0) is 14.8. The predicted octanol–water partition coefficient (Wildman–Crippen LogP) is 2.21. The summed E-state index contributed by atoms with van der Waals surface area (Å²) in [6, 6.07) is 6.24. The first kappa shape index (κ1) is 13.7. The highest BCUT2D eigenvalue weighted by Crippen LogP contribution is 2.13.